The van der Waals surface area contributed by atoms with Crippen LogP contribution in [0.2, 0.25) is 0 Å². The molecule has 2 rings (SSSR count). The highest BCUT2D eigenvalue weighted by Gasteiger charge is 2.30. The summed E-state index contributed by atoms with van der Waals surface area (Å²) >= 11 is 0. The Kier molecular flexibility index (Phi) is 4.76. The lowest BCUT2D eigenvalue weighted by atomic mass is 9.98. The van der Waals surface area contributed by atoms with E-state index in [-0.39, 0.29) is 11.8 Å². The first-order valence-corrected chi connectivity index (χ1v) is 7.06. The molecule has 0 radical (unpaired) electrons. The quantitative estimate of drug-likeness (QED) is 0.729. The minimum atomic E-state index is -0.795. The Labute approximate surface area is 113 Å². The van der Waals surface area contributed by atoms with Crippen molar-refractivity contribution < 1.29 is 14.7 Å². The fourth-order valence-electron chi connectivity index (χ4n) is 2.81. The Hall–Kier alpha value is -1.14. The fraction of sp³-hybridized carbons (Fsp3) is 0.846. The lowest BCUT2D eigenvalue weighted by Gasteiger charge is -2.38. The monoisotopic (exact) mass is 269 g/mol. The molecule has 0 spiro atoms. The summed E-state index contributed by atoms with van der Waals surface area (Å²) in [6.45, 7) is 6.09. The van der Waals surface area contributed by atoms with Gasteiger partial charge in [0.2, 0.25) is 5.91 Å². The maximum Gasteiger partial charge on any atom is 0.320 e. The molecule has 0 saturated carbocycles. The Bertz CT molecular complexity index is 334. The van der Waals surface area contributed by atoms with Crippen molar-refractivity contribution in [2.45, 2.75) is 25.8 Å². The minimum Gasteiger partial charge on any atom is -0.480 e. The van der Waals surface area contributed by atoms with Crippen molar-refractivity contribution in [2.75, 3.05) is 39.3 Å². The number of piperidine rings is 1. The number of carbonyl (C=O) groups is 2. The van der Waals surface area contributed by atoms with Gasteiger partial charge in [-0.3, -0.25) is 14.5 Å². The van der Waals surface area contributed by atoms with Crippen LogP contribution in [0, 0.1) is 5.92 Å². The third-order valence-electron chi connectivity index (χ3n) is 4.18. The highest BCUT2D eigenvalue weighted by molar-refractivity contribution is 5.79. The molecule has 2 heterocycles. The summed E-state index contributed by atoms with van der Waals surface area (Å²) in [6, 6.07) is -0.464. The number of nitrogens with one attached hydrogen (secondary N) is 1. The largest absolute Gasteiger partial charge is 0.480 e. The molecule has 2 aliphatic heterocycles. The molecule has 2 N–H and O–H groups in total. The molecular weight excluding hydrogens is 246 g/mol. The summed E-state index contributed by atoms with van der Waals surface area (Å²) in [5.74, 6) is -0.455. The first kappa shape index (κ1) is 14.3. The molecule has 2 saturated heterocycles. The number of carboxylic acid groups (broad SMARTS) is 1. The molecule has 2 fully saturated rings. The second kappa shape index (κ2) is 6.34. The van der Waals surface area contributed by atoms with Crippen molar-refractivity contribution in [3.63, 3.8) is 0 Å². The Morgan fingerprint density at radius 1 is 1.26 bits per heavy atom. The number of aliphatic carboxylic acids is 1. The van der Waals surface area contributed by atoms with Gasteiger partial charge >= 0.3 is 5.97 Å². The van der Waals surface area contributed by atoms with Gasteiger partial charge in [-0.05, 0) is 26.3 Å². The first-order valence-electron chi connectivity index (χ1n) is 7.06. The number of amides is 1. The van der Waals surface area contributed by atoms with Gasteiger partial charge in [0.15, 0.2) is 0 Å². The minimum absolute atomic E-state index is 0.109. The van der Waals surface area contributed by atoms with Crippen LogP contribution in [-0.2, 0) is 9.59 Å². The van der Waals surface area contributed by atoms with Crippen LogP contribution in [0.15, 0.2) is 0 Å². The summed E-state index contributed by atoms with van der Waals surface area (Å²) in [5.41, 5.74) is 0. The third kappa shape index (κ3) is 3.45. The number of rotatable bonds is 3. The summed E-state index contributed by atoms with van der Waals surface area (Å²) in [5, 5.41) is 12.2. The average Bonchev–Trinajstić information content (AvgIpc) is 2.46. The van der Waals surface area contributed by atoms with Gasteiger partial charge in [0, 0.05) is 32.7 Å². The van der Waals surface area contributed by atoms with Crippen molar-refractivity contribution in [1.29, 1.82) is 0 Å². The molecule has 1 amide bonds. The van der Waals surface area contributed by atoms with Gasteiger partial charge in [0.25, 0.3) is 0 Å². The maximum absolute atomic E-state index is 12.3. The maximum atomic E-state index is 12.3. The number of hydrogen-bond donors (Lipinski definition) is 2. The van der Waals surface area contributed by atoms with Crippen molar-refractivity contribution in [3.05, 3.63) is 0 Å². The van der Waals surface area contributed by atoms with E-state index >= 15 is 0 Å². The van der Waals surface area contributed by atoms with E-state index < -0.39 is 12.0 Å². The van der Waals surface area contributed by atoms with E-state index in [9.17, 15) is 9.59 Å². The van der Waals surface area contributed by atoms with E-state index in [4.69, 9.17) is 5.11 Å². The van der Waals surface area contributed by atoms with Gasteiger partial charge in [-0.15, -0.1) is 0 Å². The van der Waals surface area contributed by atoms with Gasteiger partial charge in [0.05, 0.1) is 5.92 Å². The first-order chi connectivity index (χ1) is 9.09. The van der Waals surface area contributed by atoms with E-state index in [0.717, 1.165) is 25.9 Å². The van der Waals surface area contributed by atoms with Crippen LogP contribution < -0.4 is 5.32 Å². The molecular formula is C13H23N3O3. The summed E-state index contributed by atoms with van der Waals surface area (Å²) in [4.78, 5) is 27.1. The van der Waals surface area contributed by atoms with Crippen LogP contribution >= 0.6 is 0 Å². The highest BCUT2D eigenvalue weighted by Crippen LogP contribution is 2.15. The predicted octanol–water partition coefficient (Wildman–Crippen LogP) is -0.397. The second-order valence-corrected chi connectivity index (χ2v) is 5.42. The van der Waals surface area contributed by atoms with Crippen LogP contribution in [0.25, 0.3) is 0 Å². The van der Waals surface area contributed by atoms with E-state index in [0.29, 0.717) is 26.2 Å². The van der Waals surface area contributed by atoms with E-state index in [1.807, 2.05) is 9.80 Å². The molecule has 0 aromatic rings. The number of hydrogen-bond acceptors (Lipinski definition) is 4. The molecule has 6 nitrogen and oxygen atoms in total. The van der Waals surface area contributed by atoms with Crippen molar-refractivity contribution in [1.82, 2.24) is 15.1 Å². The lowest BCUT2D eigenvalue weighted by molar-refractivity contribution is -0.144. The zero-order valence-corrected chi connectivity index (χ0v) is 11.5. The van der Waals surface area contributed by atoms with Crippen LogP contribution in [0.1, 0.15) is 19.8 Å². The van der Waals surface area contributed by atoms with E-state index in [2.05, 4.69) is 5.32 Å². The Morgan fingerprint density at radius 2 is 1.95 bits per heavy atom. The van der Waals surface area contributed by atoms with Crippen LogP contribution in [0.3, 0.4) is 0 Å². The normalized spacial score (nSPS) is 27.0. The molecule has 0 aliphatic carbocycles. The van der Waals surface area contributed by atoms with Crippen molar-refractivity contribution in [2.24, 2.45) is 5.92 Å². The zero-order chi connectivity index (χ0) is 13.8. The second-order valence-electron chi connectivity index (χ2n) is 5.42. The summed E-state index contributed by atoms with van der Waals surface area (Å²) in [7, 11) is 0. The summed E-state index contributed by atoms with van der Waals surface area (Å²) < 4.78 is 0. The van der Waals surface area contributed by atoms with Gasteiger partial charge in [-0.2, -0.15) is 0 Å². The fourth-order valence-corrected chi connectivity index (χ4v) is 2.81. The molecule has 2 unspecified atom stereocenters. The van der Waals surface area contributed by atoms with Gasteiger partial charge in [0.1, 0.15) is 6.04 Å². The van der Waals surface area contributed by atoms with Crippen molar-refractivity contribution in [3.8, 4) is 0 Å². The average molecular weight is 269 g/mol. The topological polar surface area (TPSA) is 72.9 Å². The standard InChI is InChI=1S/C13H23N3O3/c1-10(13(18)19)15-5-7-16(8-6-15)12(17)11-3-2-4-14-9-11/h10-11,14H,2-9H2,1H3,(H,18,19). The molecule has 2 aliphatic rings. The zero-order valence-electron chi connectivity index (χ0n) is 11.5. The lowest BCUT2D eigenvalue weighted by Crippen LogP contribution is -2.55. The third-order valence-corrected chi connectivity index (χ3v) is 4.18. The van der Waals surface area contributed by atoms with Crippen LogP contribution in [0.5, 0.6) is 0 Å². The predicted molar refractivity (Wildman–Crippen MR) is 70.8 cm³/mol. The van der Waals surface area contributed by atoms with Gasteiger partial charge in [-0.1, -0.05) is 0 Å². The Balaban J connectivity index is 1.82. The molecule has 0 bridgehead atoms. The Morgan fingerprint density at radius 3 is 2.47 bits per heavy atom. The number of piperazine rings is 1. The molecule has 0 aromatic heterocycles. The van der Waals surface area contributed by atoms with E-state index in [1.54, 1.807) is 6.92 Å². The highest BCUT2D eigenvalue weighted by atomic mass is 16.4. The summed E-state index contributed by atoms with van der Waals surface area (Å²) in [6.07, 6.45) is 2.03. The number of carbonyl (C=O) groups excluding carboxylic acids is 1. The molecule has 2 atom stereocenters. The molecule has 19 heavy (non-hydrogen) atoms. The smallest absolute Gasteiger partial charge is 0.320 e. The van der Waals surface area contributed by atoms with Crippen LogP contribution in [0.4, 0.5) is 0 Å². The molecule has 0 aromatic carbocycles. The van der Waals surface area contributed by atoms with Crippen LogP contribution in [-0.4, -0.2) is 72.1 Å². The number of carboxylic acids is 1. The molecule has 108 valence electrons. The van der Waals surface area contributed by atoms with Gasteiger partial charge in [-0.25, -0.2) is 0 Å². The van der Waals surface area contributed by atoms with Crippen molar-refractivity contribution >= 4 is 11.9 Å². The van der Waals surface area contributed by atoms with Gasteiger partial charge < -0.3 is 15.3 Å². The molecule has 6 heteroatoms. The SMILES string of the molecule is CC(C(=O)O)N1CCN(C(=O)C2CCCNC2)CC1. The number of nitrogens with zero attached hydrogens (tertiary/aromatic N) is 2. The van der Waals surface area contributed by atoms with E-state index in [1.165, 1.54) is 0 Å².